The van der Waals surface area contributed by atoms with Gasteiger partial charge in [0.25, 0.3) is 0 Å². The zero-order chi connectivity index (χ0) is 47.5. The van der Waals surface area contributed by atoms with Crippen LogP contribution >= 0.6 is 11.8 Å². The monoisotopic (exact) mass is 977 g/mol. The molecule has 0 radical (unpaired) electrons. The van der Waals surface area contributed by atoms with Crippen LogP contribution in [0.15, 0.2) is 0 Å². The lowest BCUT2D eigenvalue weighted by molar-refractivity contribution is -0.151. The van der Waals surface area contributed by atoms with Gasteiger partial charge in [-0.05, 0) is 95.4 Å². The molecule has 8 atom stereocenters. The SMILES string of the molecule is CS(=O)(=O)N1CCC(C(=O)N[C@@H](COCC2CCC(C(=O)NCCCCCCCCNC3CCCC4C(=O)N(C5CCC(=O)NC5=O)C(=O)C34)CC2)C(=O)NC2NC(C3CCCCC3)CS2)C1. The number of sulfonamides is 1. The molecule has 7 amide bonds. The second-order valence-corrected chi connectivity index (χ2v) is 23.5. The number of imide groups is 2. The molecule has 6 N–H and O–H groups in total. The van der Waals surface area contributed by atoms with Crippen molar-refractivity contribution in [3.8, 4) is 0 Å². The van der Waals surface area contributed by atoms with Crippen LogP contribution in [0.3, 0.4) is 0 Å². The number of thioether (sulfide) groups is 1. The summed E-state index contributed by atoms with van der Waals surface area (Å²) in [6.07, 6.45) is 19.6. The van der Waals surface area contributed by atoms with E-state index in [9.17, 15) is 42.0 Å². The summed E-state index contributed by atoms with van der Waals surface area (Å²) in [4.78, 5) is 92.0. The van der Waals surface area contributed by atoms with E-state index in [1.807, 2.05) is 0 Å². The van der Waals surface area contributed by atoms with E-state index in [2.05, 4.69) is 31.9 Å². The average Bonchev–Trinajstić information content (AvgIpc) is 4.07. The number of nitrogens with zero attached hydrogens (tertiary/aromatic N) is 2. The molecular weight excluding hydrogens is 901 g/mol. The standard InChI is InChI=1S/C47H76N8O10S2/c1-67(63,64)54-25-22-33(26-54)42(58)50-36(43(59)53-47-51-37(29-66-47)31-12-7-6-8-13-31)28-65-27-30-16-18-32(19-17-30)41(57)49-24-10-5-3-2-4-9-23-48-35-15-11-14-34-40(35)46(62)55(45(34)61)38-20-21-39(56)52-44(38)60/h30-38,40,47-48,51H,2-29H2,1H3,(H,49,57)(H,50,58)(H,53,59)(H,52,56,60)/t30?,32?,33?,34?,35?,36-,37?,38?,40?,47?/m0/s1. The number of unbranched alkanes of at least 4 members (excludes halogenated alkanes) is 5. The topological polar surface area (TPSA) is 242 Å². The molecule has 0 aromatic heterocycles. The number of amides is 7. The van der Waals surface area contributed by atoms with Crippen LogP contribution in [0.1, 0.15) is 135 Å². The van der Waals surface area contributed by atoms with Gasteiger partial charge in [-0.1, -0.05) is 51.4 Å². The molecule has 4 heterocycles. The van der Waals surface area contributed by atoms with E-state index in [0.717, 1.165) is 101 Å². The fourth-order valence-corrected chi connectivity index (χ4v) is 13.7. The molecule has 7 rings (SSSR count). The number of piperidine rings is 1. The van der Waals surface area contributed by atoms with Gasteiger partial charge in [0.15, 0.2) is 0 Å². The molecule has 7 unspecified atom stereocenters. The van der Waals surface area contributed by atoms with Crippen molar-refractivity contribution in [1.29, 1.82) is 0 Å². The first-order chi connectivity index (χ1) is 32.3. The molecule has 0 aromatic rings. The van der Waals surface area contributed by atoms with Crippen molar-refractivity contribution in [2.75, 3.05) is 51.4 Å². The minimum absolute atomic E-state index is 0.00206. The first-order valence-corrected chi connectivity index (χ1v) is 28.4. The third-order valence-corrected chi connectivity index (χ3v) is 18.0. The zero-order valence-corrected chi connectivity index (χ0v) is 41.1. The first kappa shape index (κ1) is 51.7. The van der Waals surface area contributed by atoms with Crippen LogP contribution in [0.2, 0.25) is 0 Å². The lowest BCUT2D eigenvalue weighted by atomic mass is 9.77. The number of fused-ring (bicyclic) bond motifs is 1. The van der Waals surface area contributed by atoms with E-state index in [-0.39, 0.29) is 91.4 Å². The van der Waals surface area contributed by atoms with E-state index < -0.39 is 45.8 Å². The van der Waals surface area contributed by atoms with Crippen molar-refractivity contribution in [2.24, 2.45) is 35.5 Å². The fourth-order valence-electron chi connectivity index (χ4n) is 11.6. The van der Waals surface area contributed by atoms with Crippen LogP contribution in [0.25, 0.3) is 0 Å². The van der Waals surface area contributed by atoms with Crippen LogP contribution in [0, 0.1) is 35.5 Å². The van der Waals surface area contributed by atoms with E-state index in [0.29, 0.717) is 38.0 Å². The second-order valence-electron chi connectivity index (χ2n) is 20.4. The summed E-state index contributed by atoms with van der Waals surface area (Å²) in [6.45, 7) is 2.19. The minimum Gasteiger partial charge on any atom is -0.378 e. The van der Waals surface area contributed by atoms with Gasteiger partial charge in [0, 0.05) is 56.4 Å². The molecule has 3 aliphatic carbocycles. The van der Waals surface area contributed by atoms with Gasteiger partial charge in [0.2, 0.25) is 51.4 Å². The highest BCUT2D eigenvalue weighted by Crippen LogP contribution is 2.40. The summed E-state index contributed by atoms with van der Waals surface area (Å²) in [6, 6.07) is -1.57. The van der Waals surface area contributed by atoms with Gasteiger partial charge in [-0.15, -0.1) is 11.8 Å². The smallest absolute Gasteiger partial charge is 0.249 e. The number of carbonyl (C=O) groups excluding carboxylic acids is 7. The van der Waals surface area contributed by atoms with Gasteiger partial charge in [-0.2, -0.15) is 0 Å². The molecule has 7 aliphatic rings. The Morgan fingerprint density at radius 3 is 2.25 bits per heavy atom. The third-order valence-electron chi connectivity index (χ3n) is 15.6. The number of ether oxygens (including phenoxy) is 1. The summed E-state index contributed by atoms with van der Waals surface area (Å²) in [7, 11) is -3.42. The maximum Gasteiger partial charge on any atom is 0.249 e. The quantitative estimate of drug-likeness (QED) is 0.0675. The highest BCUT2D eigenvalue weighted by atomic mass is 32.2. The number of hydrogen-bond donors (Lipinski definition) is 6. The molecular formula is C47H76N8O10S2. The van der Waals surface area contributed by atoms with Crippen LogP contribution in [0.4, 0.5) is 0 Å². The Morgan fingerprint density at radius 2 is 1.54 bits per heavy atom. The number of carbonyl (C=O) groups is 7. The Morgan fingerprint density at radius 1 is 0.806 bits per heavy atom. The Bertz CT molecular complexity index is 1880. The molecule has 20 heteroatoms. The van der Waals surface area contributed by atoms with E-state index in [1.165, 1.54) is 36.4 Å². The van der Waals surface area contributed by atoms with Gasteiger partial charge in [-0.25, -0.2) is 12.7 Å². The third kappa shape index (κ3) is 14.0. The van der Waals surface area contributed by atoms with Crippen molar-refractivity contribution in [3.63, 3.8) is 0 Å². The number of hydrogen-bond acceptors (Lipinski definition) is 13. The Kier molecular flexibility index (Phi) is 19.0. The van der Waals surface area contributed by atoms with Gasteiger partial charge in [0.1, 0.15) is 17.6 Å². The molecule has 376 valence electrons. The van der Waals surface area contributed by atoms with Crippen LogP contribution < -0.4 is 31.9 Å². The normalized spacial score (nSPS) is 31.4. The van der Waals surface area contributed by atoms with Crippen molar-refractivity contribution in [3.05, 3.63) is 0 Å². The summed E-state index contributed by atoms with van der Waals surface area (Å²) in [5, 5.41) is 18.5. The second kappa shape index (κ2) is 24.6. The molecule has 0 bridgehead atoms. The molecule has 0 aromatic carbocycles. The van der Waals surface area contributed by atoms with E-state index in [4.69, 9.17) is 4.74 Å². The van der Waals surface area contributed by atoms with Crippen LogP contribution in [0.5, 0.6) is 0 Å². The van der Waals surface area contributed by atoms with Crippen molar-refractivity contribution < 1.29 is 46.7 Å². The van der Waals surface area contributed by atoms with E-state index in [1.54, 1.807) is 11.8 Å². The molecule has 67 heavy (non-hydrogen) atoms. The van der Waals surface area contributed by atoms with Crippen molar-refractivity contribution >= 4 is 63.1 Å². The Hall–Kier alpha value is -3.17. The number of likely N-dealkylation sites (tertiary alicyclic amines) is 1. The molecule has 3 saturated carbocycles. The van der Waals surface area contributed by atoms with Gasteiger partial charge >= 0.3 is 0 Å². The van der Waals surface area contributed by atoms with Crippen molar-refractivity contribution in [1.82, 2.24) is 41.1 Å². The first-order valence-electron chi connectivity index (χ1n) is 25.5. The molecule has 7 fully saturated rings. The summed E-state index contributed by atoms with van der Waals surface area (Å²) in [5.41, 5.74) is -0.254. The van der Waals surface area contributed by atoms with Crippen LogP contribution in [-0.4, -0.2) is 140 Å². The number of rotatable bonds is 22. The largest absolute Gasteiger partial charge is 0.378 e. The van der Waals surface area contributed by atoms with Gasteiger partial charge in [0.05, 0.1) is 30.6 Å². The molecule has 4 aliphatic heterocycles. The van der Waals surface area contributed by atoms with E-state index >= 15 is 0 Å². The molecule has 4 saturated heterocycles. The van der Waals surface area contributed by atoms with Gasteiger partial charge < -0.3 is 26.0 Å². The predicted octanol–water partition coefficient (Wildman–Crippen LogP) is 2.27. The van der Waals surface area contributed by atoms with Crippen molar-refractivity contribution in [2.45, 2.75) is 165 Å². The predicted molar refractivity (Wildman–Crippen MR) is 252 cm³/mol. The highest BCUT2D eigenvalue weighted by molar-refractivity contribution is 8.00. The average molecular weight is 977 g/mol. The maximum absolute atomic E-state index is 13.7. The van der Waals surface area contributed by atoms with Gasteiger partial charge in [-0.3, -0.25) is 49.1 Å². The molecule has 0 spiro atoms. The number of nitrogens with one attached hydrogen (secondary N) is 6. The summed E-state index contributed by atoms with van der Waals surface area (Å²) >= 11 is 1.67. The fraction of sp³-hybridized carbons (Fsp3) is 0.851. The Labute approximate surface area is 400 Å². The summed E-state index contributed by atoms with van der Waals surface area (Å²) < 4.78 is 31.6. The molecule has 18 nitrogen and oxygen atoms in total. The maximum atomic E-state index is 13.7. The van der Waals surface area contributed by atoms with Crippen LogP contribution in [-0.2, 0) is 48.3 Å². The lowest BCUT2D eigenvalue weighted by Gasteiger charge is -2.31. The summed E-state index contributed by atoms with van der Waals surface area (Å²) in [5.74, 6) is -1.74. The Balaban J connectivity index is 0.742. The lowest BCUT2D eigenvalue weighted by Crippen LogP contribution is -2.55. The zero-order valence-electron chi connectivity index (χ0n) is 39.4. The minimum atomic E-state index is -3.42. The highest BCUT2D eigenvalue weighted by Gasteiger charge is 2.55.